The summed E-state index contributed by atoms with van der Waals surface area (Å²) in [6.07, 6.45) is -26.7. The molecule has 0 aromatic carbocycles. The Bertz CT molecular complexity index is 741. The van der Waals surface area contributed by atoms with Gasteiger partial charge in [0.1, 0.15) is 73.2 Å². The molecule has 3 aliphatic rings. The second-order valence-corrected chi connectivity index (χ2v) is 9.89. The zero-order chi connectivity index (χ0) is 29.2. The van der Waals surface area contributed by atoms with Gasteiger partial charge in [-0.1, -0.05) is 0 Å². The van der Waals surface area contributed by atoms with Crippen LogP contribution in [0.4, 0.5) is 0 Å². The van der Waals surface area contributed by atoms with Crippen LogP contribution in [-0.2, 0) is 28.4 Å². The van der Waals surface area contributed by atoms with E-state index >= 15 is 0 Å². The van der Waals surface area contributed by atoms with Gasteiger partial charge in [-0.15, -0.1) is 0 Å². The van der Waals surface area contributed by atoms with Crippen LogP contribution in [0.1, 0.15) is 13.8 Å². The van der Waals surface area contributed by atoms with Crippen molar-refractivity contribution in [3.05, 3.63) is 0 Å². The van der Waals surface area contributed by atoms with Gasteiger partial charge in [-0.2, -0.15) is 0 Å². The molecule has 11 N–H and O–H groups in total. The van der Waals surface area contributed by atoms with Crippen molar-refractivity contribution >= 4 is 0 Å². The lowest BCUT2D eigenvalue weighted by Crippen LogP contribution is -2.66. The molecule has 0 saturated carbocycles. The van der Waals surface area contributed by atoms with Gasteiger partial charge in [0.25, 0.3) is 0 Å². The molecule has 230 valence electrons. The van der Waals surface area contributed by atoms with Crippen molar-refractivity contribution in [1.82, 2.24) is 0 Å². The van der Waals surface area contributed by atoms with Crippen LogP contribution in [-0.4, -0.2) is 180 Å². The zero-order valence-corrected chi connectivity index (χ0v) is 21.3. The fraction of sp³-hybridized carbons (Fsp3) is 1.00. The van der Waals surface area contributed by atoms with Gasteiger partial charge in [0, 0.05) is 0 Å². The highest BCUT2D eigenvalue weighted by Gasteiger charge is 2.54. The molecular formula is C22H40O17. The summed E-state index contributed by atoms with van der Waals surface area (Å²) >= 11 is 0. The molecule has 3 aliphatic heterocycles. The van der Waals surface area contributed by atoms with Crippen molar-refractivity contribution in [3.8, 4) is 0 Å². The minimum atomic E-state index is -1.87. The Labute approximate surface area is 223 Å². The van der Waals surface area contributed by atoms with E-state index in [0.717, 1.165) is 0 Å². The average Bonchev–Trinajstić information content (AvgIpc) is 2.91. The molecule has 3 rings (SSSR count). The molecular weight excluding hydrogens is 536 g/mol. The number of ether oxygens (including phenoxy) is 6. The van der Waals surface area contributed by atoms with Crippen molar-refractivity contribution < 1.29 is 84.6 Å². The second kappa shape index (κ2) is 14.0. The molecule has 3 heterocycles. The topological polar surface area (TPSA) is 278 Å². The SMILES string of the molecule is C[C@H](O)[C@H](CO)O[C@@H]1O[C@@H](C)[C@@H](O[C@@H]2O[C@H](CO)[C@@H](O)[C@H](O)[C@H]2O)[C@@H](O[C@H]2O[C@H](CO)[C@H](O)[C@H](O)[C@H]2O)[C@@H]1O. The summed E-state index contributed by atoms with van der Waals surface area (Å²) in [4.78, 5) is 0. The lowest BCUT2D eigenvalue weighted by molar-refractivity contribution is -0.388. The summed E-state index contributed by atoms with van der Waals surface area (Å²) in [5.41, 5.74) is 0. The lowest BCUT2D eigenvalue weighted by atomic mass is 9.96. The van der Waals surface area contributed by atoms with Crippen LogP contribution >= 0.6 is 0 Å². The standard InChI is InChI=1S/C22H40O17/c1-6(26)8(3-23)35-22-17(33)19(39-21-16(32)14(30)12(28)10(5-25)37-21)18(7(2)34-22)38-20-15(31)13(29)11(27)9(4-24)36-20/h6-33H,3-5H2,1-2H3/t6-,7-,8-,9+,10+,11+,12-,13-,14-,15+,16+,17-,18+,19-,20-,21+,22-/m0/s1. The highest BCUT2D eigenvalue weighted by Crippen LogP contribution is 2.34. The molecule has 0 radical (unpaired) electrons. The monoisotopic (exact) mass is 576 g/mol. The van der Waals surface area contributed by atoms with Gasteiger partial charge in [0.2, 0.25) is 0 Å². The quantitative estimate of drug-likeness (QED) is 0.115. The molecule has 0 aromatic heterocycles. The molecule has 39 heavy (non-hydrogen) atoms. The van der Waals surface area contributed by atoms with Crippen molar-refractivity contribution in [1.29, 1.82) is 0 Å². The van der Waals surface area contributed by atoms with E-state index in [1.165, 1.54) is 13.8 Å². The third kappa shape index (κ3) is 7.04. The van der Waals surface area contributed by atoms with Gasteiger partial charge in [0.05, 0.1) is 32.0 Å². The Hall–Kier alpha value is -0.680. The first kappa shape index (κ1) is 32.8. The van der Waals surface area contributed by atoms with E-state index in [1.807, 2.05) is 0 Å². The van der Waals surface area contributed by atoms with Crippen LogP contribution in [0.25, 0.3) is 0 Å². The third-order valence-corrected chi connectivity index (χ3v) is 7.06. The van der Waals surface area contributed by atoms with Gasteiger partial charge < -0.3 is 84.6 Å². The predicted octanol–water partition coefficient (Wildman–Crippen LogP) is -6.78. The van der Waals surface area contributed by atoms with Gasteiger partial charge in [-0.05, 0) is 13.8 Å². The maximum atomic E-state index is 11.1. The number of aliphatic hydroxyl groups excluding tert-OH is 11. The summed E-state index contributed by atoms with van der Waals surface area (Å²) in [6.45, 7) is 0.596. The number of rotatable bonds is 10. The van der Waals surface area contributed by atoms with Gasteiger partial charge in [0.15, 0.2) is 18.9 Å². The molecule has 0 spiro atoms. The molecule has 3 fully saturated rings. The normalized spacial score (nSPS) is 49.0. The third-order valence-electron chi connectivity index (χ3n) is 7.06. The Morgan fingerprint density at radius 3 is 1.49 bits per heavy atom. The number of aliphatic hydroxyl groups is 11. The average molecular weight is 577 g/mol. The van der Waals surface area contributed by atoms with Crippen LogP contribution in [0.5, 0.6) is 0 Å². The van der Waals surface area contributed by atoms with Crippen molar-refractivity contribution in [2.24, 2.45) is 0 Å². The maximum absolute atomic E-state index is 11.1. The molecule has 0 bridgehead atoms. The minimum absolute atomic E-state index is 0.651. The Morgan fingerprint density at radius 1 is 0.615 bits per heavy atom. The van der Waals surface area contributed by atoms with Crippen LogP contribution in [0.15, 0.2) is 0 Å². The molecule has 17 atom stereocenters. The van der Waals surface area contributed by atoms with E-state index < -0.39 is 124 Å². The van der Waals surface area contributed by atoms with Gasteiger partial charge in [-0.25, -0.2) is 0 Å². The van der Waals surface area contributed by atoms with Crippen molar-refractivity contribution in [2.75, 3.05) is 19.8 Å². The number of hydrogen-bond donors (Lipinski definition) is 11. The fourth-order valence-corrected chi connectivity index (χ4v) is 4.60. The summed E-state index contributed by atoms with van der Waals surface area (Å²) in [6, 6.07) is 0. The first-order chi connectivity index (χ1) is 18.4. The lowest BCUT2D eigenvalue weighted by Gasteiger charge is -2.49. The van der Waals surface area contributed by atoms with Crippen molar-refractivity contribution in [3.63, 3.8) is 0 Å². The van der Waals surface area contributed by atoms with E-state index in [-0.39, 0.29) is 0 Å². The first-order valence-corrected chi connectivity index (χ1v) is 12.6. The molecule has 17 nitrogen and oxygen atoms in total. The van der Waals surface area contributed by atoms with Crippen LogP contribution < -0.4 is 0 Å². The molecule has 17 heteroatoms. The zero-order valence-electron chi connectivity index (χ0n) is 21.3. The second-order valence-electron chi connectivity index (χ2n) is 9.89. The van der Waals surface area contributed by atoms with Gasteiger partial charge in [-0.3, -0.25) is 0 Å². The van der Waals surface area contributed by atoms with E-state index in [9.17, 15) is 56.2 Å². The Balaban J connectivity index is 1.88. The summed E-state index contributed by atoms with van der Waals surface area (Å²) in [5.74, 6) is 0. The molecule has 0 aromatic rings. The molecule has 0 aliphatic carbocycles. The predicted molar refractivity (Wildman–Crippen MR) is 121 cm³/mol. The van der Waals surface area contributed by atoms with E-state index in [2.05, 4.69) is 0 Å². The Morgan fingerprint density at radius 2 is 1.08 bits per heavy atom. The van der Waals surface area contributed by atoms with Gasteiger partial charge >= 0.3 is 0 Å². The summed E-state index contributed by atoms with van der Waals surface area (Å²) in [5, 5.41) is 111. The van der Waals surface area contributed by atoms with Crippen LogP contribution in [0.2, 0.25) is 0 Å². The molecule has 0 amide bonds. The smallest absolute Gasteiger partial charge is 0.187 e. The number of hydrogen-bond acceptors (Lipinski definition) is 17. The van der Waals surface area contributed by atoms with E-state index in [0.29, 0.717) is 0 Å². The van der Waals surface area contributed by atoms with Crippen LogP contribution in [0, 0.1) is 0 Å². The van der Waals surface area contributed by atoms with Crippen LogP contribution in [0.3, 0.4) is 0 Å². The fourth-order valence-electron chi connectivity index (χ4n) is 4.60. The van der Waals surface area contributed by atoms with Crippen molar-refractivity contribution in [2.45, 2.75) is 118 Å². The van der Waals surface area contributed by atoms with E-state index in [1.54, 1.807) is 0 Å². The highest BCUT2D eigenvalue weighted by molar-refractivity contribution is 4.96. The highest BCUT2D eigenvalue weighted by atomic mass is 16.8. The maximum Gasteiger partial charge on any atom is 0.187 e. The summed E-state index contributed by atoms with van der Waals surface area (Å²) < 4.78 is 33.5. The van der Waals surface area contributed by atoms with E-state index in [4.69, 9.17) is 28.4 Å². The first-order valence-electron chi connectivity index (χ1n) is 12.6. The minimum Gasteiger partial charge on any atom is -0.394 e. The Kier molecular flexibility index (Phi) is 11.8. The molecule has 0 unspecified atom stereocenters. The largest absolute Gasteiger partial charge is 0.394 e. The summed E-state index contributed by atoms with van der Waals surface area (Å²) in [7, 11) is 0. The molecule has 3 saturated heterocycles.